The summed E-state index contributed by atoms with van der Waals surface area (Å²) >= 11 is 0. The number of rotatable bonds is 3. The van der Waals surface area contributed by atoms with Gasteiger partial charge in [-0.15, -0.1) is 0 Å². The summed E-state index contributed by atoms with van der Waals surface area (Å²) < 4.78 is 11.1. The van der Waals surface area contributed by atoms with Crippen molar-refractivity contribution in [3.05, 3.63) is 24.2 Å². The van der Waals surface area contributed by atoms with Crippen LogP contribution in [-0.4, -0.2) is 43.2 Å². The second-order valence-corrected chi connectivity index (χ2v) is 4.92. The number of furan rings is 1. The van der Waals surface area contributed by atoms with E-state index in [1.807, 2.05) is 12.1 Å². The second kappa shape index (κ2) is 4.74. The van der Waals surface area contributed by atoms with Crippen molar-refractivity contribution < 1.29 is 13.9 Å². The molecule has 0 aromatic carbocycles. The van der Waals surface area contributed by atoms with Crippen molar-refractivity contribution >= 4 is 5.91 Å². The lowest BCUT2D eigenvalue weighted by Crippen LogP contribution is -2.36. The number of nitrogens with one attached hydrogen (secondary N) is 1. The zero-order chi connectivity index (χ0) is 12.5. The summed E-state index contributed by atoms with van der Waals surface area (Å²) in [6.45, 7) is 2.25. The predicted octanol–water partition coefficient (Wildman–Crippen LogP) is 0.615. The fraction of sp³-hybridized carbons (Fsp3) is 0.615. The third-order valence-electron chi connectivity index (χ3n) is 3.92. The molecule has 3 heterocycles. The molecule has 3 rings (SSSR count). The highest BCUT2D eigenvalue weighted by Crippen LogP contribution is 2.34. The number of fused-ring (bicyclic) bond motifs is 1. The van der Waals surface area contributed by atoms with E-state index in [-0.39, 0.29) is 17.9 Å². The first kappa shape index (κ1) is 11.7. The molecule has 0 bridgehead atoms. The highest BCUT2D eigenvalue weighted by Gasteiger charge is 2.48. The minimum Gasteiger partial charge on any atom is -0.468 e. The quantitative estimate of drug-likeness (QED) is 0.854. The average molecular weight is 250 g/mol. The van der Waals surface area contributed by atoms with Crippen molar-refractivity contribution in [2.45, 2.75) is 25.1 Å². The minimum atomic E-state index is -0.0579. The van der Waals surface area contributed by atoms with Crippen LogP contribution < -0.4 is 5.32 Å². The Labute approximate surface area is 106 Å². The van der Waals surface area contributed by atoms with E-state index in [4.69, 9.17) is 9.15 Å². The van der Waals surface area contributed by atoms with Crippen LogP contribution in [0.4, 0.5) is 0 Å². The van der Waals surface area contributed by atoms with Crippen molar-refractivity contribution in [3.8, 4) is 0 Å². The molecule has 18 heavy (non-hydrogen) atoms. The van der Waals surface area contributed by atoms with Gasteiger partial charge in [0.2, 0.25) is 5.91 Å². The number of ether oxygens (including phenoxy) is 1. The topological polar surface area (TPSA) is 54.7 Å². The summed E-state index contributed by atoms with van der Waals surface area (Å²) in [5, 5.41) is 2.73. The highest BCUT2D eigenvalue weighted by atomic mass is 16.5. The van der Waals surface area contributed by atoms with E-state index in [0.717, 1.165) is 31.9 Å². The van der Waals surface area contributed by atoms with Gasteiger partial charge in [-0.25, -0.2) is 0 Å². The van der Waals surface area contributed by atoms with Crippen LogP contribution in [0.15, 0.2) is 22.8 Å². The molecule has 0 spiro atoms. The maximum atomic E-state index is 11.9. The van der Waals surface area contributed by atoms with Gasteiger partial charge in [-0.2, -0.15) is 0 Å². The Bertz CT molecular complexity index is 418. The van der Waals surface area contributed by atoms with Gasteiger partial charge in [0.1, 0.15) is 5.76 Å². The third kappa shape index (κ3) is 1.93. The second-order valence-electron chi connectivity index (χ2n) is 4.92. The molecule has 1 amide bonds. The van der Waals surface area contributed by atoms with E-state index in [2.05, 4.69) is 10.2 Å². The maximum Gasteiger partial charge on any atom is 0.226 e. The van der Waals surface area contributed by atoms with Gasteiger partial charge in [0, 0.05) is 26.2 Å². The summed E-state index contributed by atoms with van der Waals surface area (Å²) in [6.07, 6.45) is 2.73. The summed E-state index contributed by atoms with van der Waals surface area (Å²) in [5.41, 5.74) is 0. The van der Waals surface area contributed by atoms with Gasteiger partial charge in [0.05, 0.1) is 24.8 Å². The summed E-state index contributed by atoms with van der Waals surface area (Å²) in [6, 6.07) is 4.21. The lowest BCUT2D eigenvalue weighted by Gasteiger charge is -2.20. The Morgan fingerprint density at radius 1 is 1.61 bits per heavy atom. The van der Waals surface area contributed by atoms with Gasteiger partial charge in [-0.05, 0) is 18.6 Å². The van der Waals surface area contributed by atoms with Crippen molar-refractivity contribution in [3.63, 3.8) is 0 Å². The summed E-state index contributed by atoms with van der Waals surface area (Å²) in [7, 11) is 1.68. The number of likely N-dealkylation sites (tertiary alicyclic amines) is 1. The molecule has 5 nitrogen and oxygen atoms in total. The van der Waals surface area contributed by atoms with Gasteiger partial charge in [-0.3, -0.25) is 9.69 Å². The van der Waals surface area contributed by atoms with Crippen LogP contribution in [0.5, 0.6) is 0 Å². The molecule has 2 aliphatic rings. The van der Waals surface area contributed by atoms with Gasteiger partial charge < -0.3 is 14.5 Å². The first-order valence-corrected chi connectivity index (χ1v) is 6.39. The fourth-order valence-electron chi connectivity index (χ4n) is 3.07. The standard InChI is InChI=1S/C13H18N2O3/c1-14-13(16)10-8-15(7-9-3-2-5-17-9)11-4-6-18-12(10)11/h2-3,5,10-12H,4,6-8H2,1H3,(H,14,16)/t10-,11+,12+/m1/s1. The molecule has 1 N–H and O–H groups in total. The fourth-order valence-corrected chi connectivity index (χ4v) is 3.07. The molecule has 0 radical (unpaired) electrons. The van der Waals surface area contributed by atoms with Crippen LogP contribution in [0, 0.1) is 5.92 Å². The zero-order valence-electron chi connectivity index (χ0n) is 10.5. The van der Waals surface area contributed by atoms with Crippen molar-refractivity contribution in [1.82, 2.24) is 10.2 Å². The van der Waals surface area contributed by atoms with Gasteiger partial charge in [0.15, 0.2) is 0 Å². The van der Waals surface area contributed by atoms with Crippen molar-refractivity contribution in [2.75, 3.05) is 20.2 Å². The Morgan fingerprint density at radius 3 is 3.22 bits per heavy atom. The van der Waals surface area contributed by atoms with Crippen LogP contribution in [0.3, 0.4) is 0 Å². The van der Waals surface area contributed by atoms with E-state index in [0.29, 0.717) is 6.04 Å². The lowest BCUT2D eigenvalue weighted by molar-refractivity contribution is -0.127. The number of nitrogens with zero attached hydrogens (tertiary/aromatic N) is 1. The van der Waals surface area contributed by atoms with Crippen LogP contribution in [0.1, 0.15) is 12.2 Å². The average Bonchev–Trinajstić information content (AvgIpc) is 3.07. The molecule has 2 saturated heterocycles. The van der Waals surface area contributed by atoms with Gasteiger partial charge in [0.25, 0.3) is 0 Å². The molecule has 0 saturated carbocycles. The lowest BCUT2D eigenvalue weighted by atomic mass is 10.0. The van der Waals surface area contributed by atoms with Crippen molar-refractivity contribution in [1.29, 1.82) is 0 Å². The monoisotopic (exact) mass is 250 g/mol. The number of carbonyl (C=O) groups is 1. The SMILES string of the molecule is CNC(=O)[C@@H]1CN(Cc2ccco2)[C@H]2CCO[C@@H]12. The molecular formula is C13H18N2O3. The minimum absolute atomic E-state index is 0.0416. The number of amides is 1. The maximum absolute atomic E-state index is 11.9. The Morgan fingerprint density at radius 2 is 2.50 bits per heavy atom. The highest BCUT2D eigenvalue weighted by molar-refractivity contribution is 5.79. The Kier molecular flexibility index (Phi) is 3.09. The molecule has 5 heteroatoms. The molecule has 1 aromatic heterocycles. The van der Waals surface area contributed by atoms with E-state index < -0.39 is 0 Å². The van der Waals surface area contributed by atoms with E-state index in [1.54, 1.807) is 13.3 Å². The first-order valence-electron chi connectivity index (χ1n) is 6.39. The number of carbonyl (C=O) groups excluding carboxylic acids is 1. The van der Waals surface area contributed by atoms with E-state index >= 15 is 0 Å². The largest absolute Gasteiger partial charge is 0.468 e. The smallest absolute Gasteiger partial charge is 0.226 e. The first-order chi connectivity index (χ1) is 8.79. The van der Waals surface area contributed by atoms with Crippen LogP contribution >= 0.6 is 0 Å². The third-order valence-corrected chi connectivity index (χ3v) is 3.92. The van der Waals surface area contributed by atoms with Crippen LogP contribution in [0.2, 0.25) is 0 Å². The molecule has 3 atom stereocenters. The number of hydrogen-bond acceptors (Lipinski definition) is 4. The normalized spacial score (nSPS) is 31.5. The summed E-state index contributed by atoms with van der Waals surface area (Å²) in [4.78, 5) is 14.2. The van der Waals surface area contributed by atoms with Gasteiger partial charge in [-0.1, -0.05) is 0 Å². The summed E-state index contributed by atoms with van der Waals surface area (Å²) in [5.74, 6) is 0.963. The number of hydrogen-bond donors (Lipinski definition) is 1. The molecule has 0 aliphatic carbocycles. The van der Waals surface area contributed by atoms with Crippen LogP contribution in [-0.2, 0) is 16.1 Å². The van der Waals surface area contributed by atoms with E-state index in [9.17, 15) is 4.79 Å². The predicted molar refractivity (Wildman–Crippen MR) is 64.8 cm³/mol. The Balaban J connectivity index is 1.74. The van der Waals surface area contributed by atoms with E-state index in [1.165, 1.54) is 0 Å². The molecule has 98 valence electrons. The Hall–Kier alpha value is -1.33. The van der Waals surface area contributed by atoms with Gasteiger partial charge >= 0.3 is 0 Å². The van der Waals surface area contributed by atoms with Crippen molar-refractivity contribution in [2.24, 2.45) is 5.92 Å². The molecular weight excluding hydrogens is 232 g/mol. The molecule has 1 aromatic rings. The zero-order valence-corrected chi connectivity index (χ0v) is 10.5. The molecule has 2 fully saturated rings. The van der Waals surface area contributed by atoms with Crippen LogP contribution in [0.25, 0.3) is 0 Å². The molecule has 2 aliphatic heterocycles. The molecule has 0 unspecified atom stereocenters.